The fourth-order valence-electron chi connectivity index (χ4n) is 0.697. The number of rotatable bonds is 1. The molecule has 0 amide bonds. The van der Waals surface area contributed by atoms with Gasteiger partial charge in [0.25, 0.3) is 0 Å². The Labute approximate surface area is 64.8 Å². The predicted octanol–water partition coefficient (Wildman–Crippen LogP) is 0.599. The average molecular weight is 180 g/mol. The Balaban J connectivity index is 2.84. The molecule has 3 nitrogen and oxygen atoms in total. The number of hydrogen-bond donors (Lipinski definition) is 0. The standard InChI is InChI=1S/C6H3F3O3/c7-6(8,9)4-1-3(2-10)5(11)12-4/h1-2,4H. The van der Waals surface area contributed by atoms with Gasteiger partial charge in [-0.1, -0.05) is 0 Å². The van der Waals surface area contributed by atoms with Gasteiger partial charge in [-0.2, -0.15) is 13.2 Å². The van der Waals surface area contributed by atoms with Crippen LogP contribution in [0.1, 0.15) is 0 Å². The molecule has 0 saturated carbocycles. The maximum Gasteiger partial charge on any atom is 0.429 e. The minimum atomic E-state index is -4.64. The Morgan fingerprint density at radius 1 is 1.50 bits per heavy atom. The van der Waals surface area contributed by atoms with E-state index >= 15 is 0 Å². The molecule has 1 heterocycles. The molecular formula is C6H3F3O3. The minimum absolute atomic E-state index is 0.0358. The topological polar surface area (TPSA) is 43.4 Å². The summed E-state index contributed by atoms with van der Waals surface area (Å²) >= 11 is 0. The fraction of sp³-hybridized carbons (Fsp3) is 0.333. The van der Waals surface area contributed by atoms with Crippen molar-refractivity contribution in [2.75, 3.05) is 0 Å². The number of esters is 1. The molecule has 12 heavy (non-hydrogen) atoms. The number of halogens is 3. The first-order valence-corrected chi connectivity index (χ1v) is 2.90. The minimum Gasteiger partial charge on any atom is -0.445 e. The van der Waals surface area contributed by atoms with Crippen molar-refractivity contribution in [3.05, 3.63) is 11.6 Å². The van der Waals surface area contributed by atoms with Gasteiger partial charge in [-0.05, 0) is 6.08 Å². The van der Waals surface area contributed by atoms with E-state index in [0.29, 0.717) is 6.08 Å². The number of aldehydes is 1. The van der Waals surface area contributed by atoms with Gasteiger partial charge >= 0.3 is 12.1 Å². The summed E-state index contributed by atoms with van der Waals surface area (Å²) in [6.45, 7) is 0. The van der Waals surface area contributed by atoms with Gasteiger partial charge in [0.2, 0.25) is 6.10 Å². The molecule has 0 bridgehead atoms. The van der Waals surface area contributed by atoms with Crippen molar-refractivity contribution in [3.63, 3.8) is 0 Å². The molecule has 1 aliphatic rings. The zero-order valence-corrected chi connectivity index (χ0v) is 5.59. The zero-order chi connectivity index (χ0) is 9.35. The first-order chi connectivity index (χ1) is 5.45. The van der Waals surface area contributed by atoms with Gasteiger partial charge in [0.1, 0.15) is 0 Å². The summed E-state index contributed by atoms with van der Waals surface area (Å²) < 4.78 is 39.3. The highest BCUT2D eigenvalue weighted by atomic mass is 19.4. The van der Waals surface area contributed by atoms with E-state index in [-0.39, 0.29) is 6.29 Å². The molecule has 0 fully saturated rings. The van der Waals surface area contributed by atoms with Gasteiger partial charge in [0.05, 0.1) is 5.57 Å². The summed E-state index contributed by atoms with van der Waals surface area (Å²) in [5.74, 6) is -1.23. The second-order valence-electron chi connectivity index (χ2n) is 2.11. The van der Waals surface area contributed by atoms with Gasteiger partial charge in [-0.25, -0.2) is 4.79 Å². The molecule has 0 aromatic heterocycles. The van der Waals surface area contributed by atoms with Crippen molar-refractivity contribution in [2.24, 2.45) is 0 Å². The van der Waals surface area contributed by atoms with Crippen LogP contribution >= 0.6 is 0 Å². The number of hydrogen-bond acceptors (Lipinski definition) is 3. The molecule has 0 aliphatic carbocycles. The van der Waals surface area contributed by atoms with Gasteiger partial charge < -0.3 is 4.74 Å². The third-order valence-corrected chi connectivity index (χ3v) is 1.25. The van der Waals surface area contributed by atoms with Gasteiger partial charge in [0.15, 0.2) is 6.29 Å². The van der Waals surface area contributed by atoms with Crippen LogP contribution in [0.3, 0.4) is 0 Å². The van der Waals surface area contributed by atoms with E-state index in [9.17, 15) is 22.8 Å². The van der Waals surface area contributed by atoms with E-state index in [1.165, 1.54) is 0 Å². The SMILES string of the molecule is O=CC1=CC(C(F)(F)F)OC1=O. The largest absolute Gasteiger partial charge is 0.445 e. The molecule has 0 aromatic carbocycles. The van der Waals surface area contributed by atoms with E-state index < -0.39 is 23.8 Å². The lowest BCUT2D eigenvalue weighted by molar-refractivity contribution is -0.201. The van der Waals surface area contributed by atoms with E-state index in [2.05, 4.69) is 4.74 Å². The maximum absolute atomic E-state index is 11.8. The monoisotopic (exact) mass is 180 g/mol. The number of cyclic esters (lactones) is 1. The Morgan fingerprint density at radius 2 is 2.08 bits per heavy atom. The molecule has 1 rings (SSSR count). The first-order valence-electron chi connectivity index (χ1n) is 2.90. The second-order valence-corrected chi connectivity index (χ2v) is 2.11. The van der Waals surface area contributed by atoms with Gasteiger partial charge in [-0.3, -0.25) is 4.79 Å². The summed E-state index contributed by atoms with van der Waals surface area (Å²) in [4.78, 5) is 20.4. The summed E-state index contributed by atoms with van der Waals surface area (Å²) in [6, 6.07) is 0. The molecule has 1 unspecified atom stereocenters. The van der Waals surface area contributed by atoms with Crippen LogP contribution in [0.15, 0.2) is 11.6 Å². The lowest BCUT2D eigenvalue weighted by Crippen LogP contribution is -2.27. The third-order valence-electron chi connectivity index (χ3n) is 1.25. The van der Waals surface area contributed by atoms with Crippen LogP contribution in [0.5, 0.6) is 0 Å². The van der Waals surface area contributed by atoms with Crippen LogP contribution < -0.4 is 0 Å². The van der Waals surface area contributed by atoms with E-state index in [4.69, 9.17) is 0 Å². The highest BCUT2D eigenvalue weighted by Crippen LogP contribution is 2.28. The average Bonchev–Trinajstić information content (AvgIpc) is 2.29. The van der Waals surface area contributed by atoms with E-state index in [1.807, 2.05) is 0 Å². The van der Waals surface area contributed by atoms with Crippen molar-refractivity contribution in [1.82, 2.24) is 0 Å². The number of alkyl halides is 3. The predicted molar refractivity (Wildman–Crippen MR) is 30.1 cm³/mol. The van der Waals surface area contributed by atoms with Crippen molar-refractivity contribution >= 4 is 12.3 Å². The number of carbonyl (C=O) groups is 2. The Kier molecular flexibility index (Phi) is 1.91. The normalized spacial score (nSPS) is 23.4. The van der Waals surface area contributed by atoms with Crippen molar-refractivity contribution < 1.29 is 27.5 Å². The maximum atomic E-state index is 11.8. The molecule has 66 valence electrons. The molecule has 0 aromatic rings. The highest BCUT2D eigenvalue weighted by molar-refractivity contribution is 6.09. The van der Waals surface area contributed by atoms with Crippen molar-refractivity contribution in [2.45, 2.75) is 12.3 Å². The summed E-state index contributed by atoms with van der Waals surface area (Å²) in [5.41, 5.74) is -0.586. The van der Waals surface area contributed by atoms with Crippen LogP contribution in [-0.2, 0) is 14.3 Å². The summed E-state index contributed by atoms with van der Waals surface area (Å²) in [7, 11) is 0. The Morgan fingerprint density at radius 3 is 2.33 bits per heavy atom. The Hall–Kier alpha value is -1.33. The molecule has 0 N–H and O–H groups in total. The lowest BCUT2D eigenvalue weighted by atomic mass is 10.2. The molecule has 0 spiro atoms. The Bertz CT molecular complexity index is 253. The van der Waals surface area contributed by atoms with Crippen molar-refractivity contribution in [1.29, 1.82) is 0 Å². The van der Waals surface area contributed by atoms with Crippen LogP contribution in [0.4, 0.5) is 13.2 Å². The van der Waals surface area contributed by atoms with Crippen LogP contribution in [0.25, 0.3) is 0 Å². The number of ether oxygens (including phenoxy) is 1. The first kappa shape index (κ1) is 8.76. The fourth-order valence-corrected chi connectivity index (χ4v) is 0.697. The molecular weight excluding hydrogens is 177 g/mol. The lowest BCUT2D eigenvalue weighted by Gasteiger charge is -2.11. The summed E-state index contributed by atoms with van der Waals surface area (Å²) in [5, 5.41) is 0. The second kappa shape index (κ2) is 2.62. The van der Waals surface area contributed by atoms with Gasteiger partial charge in [0, 0.05) is 0 Å². The molecule has 0 radical (unpaired) electrons. The van der Waals surface area contributed by atoms with E-state index in [0.717, 1.165) is 0 Å². The van der Waals surface area contributed by atoms with E-state index in [1.54, 1.807) is 0 Å². The van der Waals surface area contributed by atoms with Gasteiger partial charge in [-0.15, -0.1) is 0 Å². The quantitative estimate of drug-likeness (QED) is 0.337. The highest BCUT2D eigenvalue weighted by Gasteiger charge is 2.45. The zero-order valence-electron chi connectivity index (χ0n) is 5.59. The van der Waals surface area contributed by atoms with Crippen molar-refractivity contribution in [3.8, 4) is 0 Å². The van der Waals surface area contributed by atoms with Crippen LogP contribution in [-0.4, -0.2) is 24.5 Å². The van der Waals surface area contributed by atoms with Crippen LogP contribution in [0, 0.1) is 0 Å². The van der Waals surface area contributed by atoms with Crippen LogP contribution in [0.2, 0.25) is 0 Å². The number of carbonyl (C=O) groups excluding carboxylic acids is 2. The third kappa shape index (κ3) is 1.46. The molecule has 0 saturated heterocycles. The molecule has 6 heteroatoms. The molecule has 1 aliphatic heterocycles. The molecule has 1 atom stereocenters. The smallest absolute Gasteiger partial charge is 0.429 e. The summed E-state index contributed by atoms with van der Waals surface area (Å²) in [6.07, 6.45) is -6.42.